The molecule has 0 amide bonds. The quantitative estimate of drug-likeness (QED) is 0.522. The van der Waals surface area contributed by atoms with E-state index in [0.717, 1.165) is 10.7 Å². The zero-order valence-electron chi connectivity index (χ0n) is 10.3. The molecule has 0 saturated carbocycles. The van der Waals surface area contributed by atoms with Crippen LogP contribution in [0.5, 0.6) is 0 Å². The molecule has 0 bridgehead atoms. The van der Waals surface area contributed by atoms with Gasteiger partial charge in [-0.3, -0.25) is 9.59 Å². The van der Waals surface area contributed by atoms with Gasteiger partial charge in [-0.05, 0) is 6.42 Å². The van der Waals surface area contributed by atoms with Gasteiger partial charge in [-0.25, -0.2) is 0 Å². The summed E-state index contributed by atoms with van der Waals surface area (Å²) < 4.78 is 26.2. The average molecular weight is 282 g/mol. The first-order chi connectivity index (χ1) is 8.20. The third-order valence-corrected chi connectivity index (χ3v) is 3.79. The molecule has 8 nitrogen and oxygen atoms in total. The van der Waals surface area contributed by atoms with E-state index in [1.165, 1.54) is 7.05 Å². The van der Waals surface area contributed by atoms with Gasteiger partial charge in [-0.15, -0.1) is 0 Å². The molecule has 106 valence electrons. The van der Waals surface area contributed by atoms with Crippen LogP contribution in [0.3, 0.4) is 0 Å². The van der Waals surface area contributed by atoms with Crippen LogP contribution in [-0.2, 0) is 19.8 Å². The molecule has 18 heavy (non-hydrogen) atoms. The van der Waals surface area contributed by atoms with Crippen LogP contribution >= 0.6 is 0 Å². The highest BCUT2D eigenvalue weighted by molar-refractivity contribution is 7.87. The summed E-state index contributed by atoms with van der Waals surface area (Å²) in [5.41, 5.74) is 0. The highest BCUT2D eigenvalue weighted by atomic mass is 32.2. The predicted molar refractivity (Wildman–Crippen MR) is 63.3 cm³/mol. The monoisotopic (exact) mass is 282 g/mol. The van der Waals surface area contributed by atoms with Crippen molar-refractivity contribution >= 4 is 22.1 Å². The topological polar surface area (TPSA) is 124 Å². The molecule has 0 spiro atoms. The van der Waals surface area contributed by atoms with E-state index in [1.54, 1.807) is 0 Å². The number of carbonyl (C=O) groups is 2. The van der Waals surface area contributed by atoms with Gasteiger partial charge < -0.3 is 10.2 Å². The Kier molecular flexibility index (Phi) is 6.81. The number of carboxylic acid groups (broad SMARTS) is 2. The van der Waals surface area contributed by atoms with E-state index in [4.69, 9.17) is 10.2 Å². The fourth-order valence-corrected chi connectivity index (χ4v) is 2.22. The molecule has 1 atom stereocenters. The molecule has 0 aromatic carbocycles. The van der Waals surface area contributed by atoms with Crippen molar-refractivity contribution in [1.82, 2.24) is 9.03 Å². The first-order valence-corrected chi connectivity index (χ1v) is 6.83. The first kappa shape index (κ1) is 16.8. The lowest BCUT2D eigenvalue weighted by Gasteiger charge is -2.20. The number of nitrogens with zero attached hydrogens (tertiary/aromatic N) is 1. The molecule has 0 radical (unpaired) electrons. The van der Waals surface area contributed by atoms with Crippen LogP contribution in [0.2, 0.25) is 0 Å². The Balaban J connectivity index is 4.69. The molecule has 0 aliphatic heterocycles. The zero-order valence-corrected chi connectivity index (χ0v) is 11.1. The van der Waals surface area contributed by atoms with Gasteiger partial charge >= 0.3 is 11.9 Å². The fourth-order valence-electron chi connectivity index (χ4n) is 1.12. The molecule has 0 heterocycles. The van der Waals surface area contributed by atoms with Crippen molar-refractivity contribution in [3.05, 3.63) is 0 Å². The van der Waals surface area contributed by atoms with Gasteiger partial charge in [0, 0.05) is 13.6 Å². The molecule has 3 N–H and O–H groups in total. The van der Waals surface area contributed by atoms with Crippen LogP contribution in [0.1, 0.15) is 26.2 Å². The lowest BCUT2D eigenvalue weighted by molar-refractivity contribution is -0.145. The Morgan fingerprint density at radius 2 is 1.89 bits per heavy atom. The van der Waals surface area contributed by atoms with E-state index in [2.05, 4.69) is 0 Å². The smallest absolute Gasteiger partial charge is 0.322 e. The van der Waals surface area contributed by atoms with Gasteiger partial charge in [0.15, 0.2) is 0 Å². The number of hydrogen-bond donors (Lipinski definition) is 3. The van der Waals surface area contributed by atoms with Crippen LogP contribution in [-0.4, -0.2) is 54.5 Å². The highest BCUT2D eigenvalue weighted by Crippen LogP contribution is 2.02. The van der Waals surface area contributed by atoms with E-state index >= 15 is 0 Å². The number of aliphatic carboxylic acids is 2. The Hall–Kier alpha value is -1.19. The van der Waals surface area contributed by atoms with Crippen molar-refractivity contribution in [2.75, 3.05) is 13.6 Å². The van der Waals surface area contributed by atoms with Crippen molar-refractivity contribution < 1.29 is 28.2 Å². The Morgan fingerprint density at radius 1 is 1.33 bits per heavy atom. The van der Waals surface area contributed by atoms with E-state index < -0.39 is 34.6 Å². The SMILES string of the molecule is CCCCN(C)S(=O)(=O)NC(CC(=O)O)C(=O)O. The molecule has 0 saturated heterocycles. The minimum Gasteiger partial charge on any atom is -0.481 e. The van der Waals surface area contributed by atoms with Gasteiger partial charge in [0.2, 0.25) is 0 Å². The largest absolute Gasteiger partial charge is 0.481 e. The summed E-state index contributed by atoms with van der Waals surface area (Å²) in [7, 11) is -2.68. The summed E-state index contributed by atoms with van der Waals surface area (Å²) in [6.07, 6.45) is 0.613. The second kappa shape index (κ2) is 7.29. The highest BCUT2D eigenvalue weighted by Gasteiger charge is 2.28. The molecule has 9 heteroatoms. The molecule has 0 aliphatic carbocycles. The summed E-state index contributed by atoms with van der Waals surface area (Å²) in [6, 6.07) is -1.67. The van der Waals surface area contributed by atoms with Gasteiger partial charge in [0.05, 0.1) is 6.42 Å². The first-order valence-electron chi connectivity index (χ1n) is 5.39. The van der Waals surface area contributed by atoms with Gasteiger partial charge in [-0.1, -0.05) is 13.3 Å². The maximum Gasteiger partial charge on any atom is 0.322 e. The van der Waals surface area contributed by atoms with Crippen molar-refractivity contribution in [3.63, 3.8) is 0 Å². The van der Waals surface area contributed by atoms with E-state index in [0.29, 0.717) is 6.42 Å². The molecule has 0 rings (SSSR count). The third-order valence-electron chi connectivity index (χ3n) is 2.20. The predicted octanol–water partition coefficient (Wildman–Crippen LogP) is -0.519. The van der Waals surface area contributed by atoms with Crippen LogP contribution in [0.25, 0.3) is 0 Å². The Bertz CT molecular complexity index is 394. The van der Waals surface area contributed by atoms with Gasteiger partial charge in [-0.2, -0.15) is 17.4 Å². The van der Waals surface area contributed by atoms with Crippen molar-refractivity contribution in [2.24, 2.45) is 0 Å². The summed E-state index contributed by atoms with van der Waals surface area (Å²) in [4.78, 5) is 21.2. The summed E-state index contributed by atoms with van der Waals surface area (Å²) >= 11 is 0. The lowest BCUT2D eigenvalue weighted by Crippen LogP contribution is -2.48. The van der Waals surface area contributed by atoms with Crippen LogP contribution in [0.4, 0.5) is 0 Å². The average Bonchev–Trinajstić information content (AvgIpc) is 2.23. The van der Waals surface area contributed by atoms with E-state index in [9.17, 15) is 18.0 Å². The molecule has 0 fully saturated rings. The lowest BCUT2D eigenvalue weighted by atomic mass is 10.2. The summed E-state index contributed by atoms with van der Waals surface area (Å²) in [5, 5.41) is 17.2. The van der Waals surface area contributed by atoms with Crippen LogP contribution in [0.15, 0.2) is 0 Å². The number of carboxylic acids is 2. The van der Waals surface area contributed by atoms with Gasteiger partial charge in [0.1, 0.15) is 6.04 Å². The normalized spacial score (nSPS) is 13.5. The molecule has 0 aromatic heterocycles. The summed E-state index contributed by atoms with van der Waals surface area (Å²) in [6.45, 7) is 2.13. The molecule has 0 aliphatic rings. The fraction of sp³-hybridized carbons (Fsp3) is 0.778. The molecular weight excluding hydrogens is 264 g/mol. The molecular formula is C9H18N2O6S. The van der Waals surface area contributed by atoms with Crippen LogP contribution in [0, 0.1) is 0 Å². The Labute approximate surface area is 106 Å². The number of rotatable bonds is 9. The van der Waals surface area contributed by atoms with Crippen molar-refractivity contribution in [2.45, 2.75) is 32.2 Å². The van der Waals surface area contributed by atoms with Gasteiger partial charge in [0.25, 0.3) is 10.2 Å². The van der Waals surface area contributed by atoms with E-state index in [1.807, 2.05) is 11.6 Å². The number of unbranched alkanes of at least 4 members (excludes halogenated alkanes) is 1. The minimum atomic E-state index is -3.98. The maximum absolute atomic E-state index is 11.7. The minimum absolute atomic E-state index is 0.241. The Morgan fingerprint density at radius 3 is 2.28 bits per heavy atom. The van der Waals surface area contributed by atoms with E-state index in [-0.39, 0.29) is 6.54 Å². The zero-order chi connectivity index (χ0) is 14.3. The summed E-state index contributed by atoms with van der Waals surface area (Å²) in [5.74, 6) is -2.91. The third kappa shape index (κ3) is 5.94. The van der Waals surface area contributed by atoms with Crippen molar-refractivity contribution in [3.8, 4) is 0 Å². The molecule has 0 aromatic rings. The second-order valence-electron chi connectivity index (χ2n) is 3.79. The number of nitrogens with one attached hydrogen (secondary N) is 1. The number of hydrogen-bond acceptors (Lipinski definition) is 4. The second-order valence-corrected chi connectivity index (χ2v) is 5.60. The molecule has 1 unspecified atom stereocenters. The van der Waals surface area contributed by atoms with Crippen molar-refractivity contribution in [1.29, 1.82) is 0 Å². The standard InChI is InChI=1S/C9H18N2O6S/c1-3-4-5-11(2)18(16,17)10-7(9(14)15)6-8(12)13/h7,10H,3-6H2,1-2H3,(H,12,13)(H,14,15). The van der Waals surface area contributed by atoms with Crippen LogP contribution < -0.4 is 4.72 Å². The maximum atomic E-state index is 11.7.